The van der Waals surface area contributed by atoms with Crippen LogP contribution in [0.15, 0.2) is 30.6 Å². The molecule has 3 rings (SSSR count). The third kappa shape index (κ3) is 5.04. The maximum atomic E-state index is 13.4. The number of amides is 3. The standard InChI is InChI=1S/C20H23F2N5O2/c1-3-18(28)27-6-4-17(5-7-27)26(2)20(29)25-19-23-11-14(12-24-19)13-8-15(21)10-16(22)9-13/h8-12,17H,3-7H2,1-2H3,(H,23,24,25,29). The molecule has 2 heterocycles. The van der Waals surface area contributed by atoms with Gasteiger partial charge in [-0.25, -0.2) is 23.5 Å². The Morgan fingerprint density at radius 2 is 1.69 bits per heavy atom. The van der Waals surface area contributed by atoms with Crippen molar-refractivity contribution in [1.82, 2.24) is 19.8 Å². The number of hydrogen-bond acceptors (Lipinski definition) is 4. The van der Waals surface area contributed by atoms with E-state index in [9.17, 15) is 18.4 Å². The second-order valence-corrected chi connectivity index (χ2v) is 6.96. The van der Waals surface area contributed by atoms with E-state index in [0.29, 0.717) is 43.5 Å². The van der Waals surface area contributed by atoms with E-state index in [2.05, 4.69) is 15.3 Å². The predicted octanol–water partition coefficient (Wildman–Crippen LogP) is 3.29. The summed E-state index contributed by atoms with van der Waals surface area (Å²) in [4.78, 5) is 35.8. The second-order valence-electron chi connectivity index (χ2n) is 6.96. The Balaban J connectivity index is 1.58. The summed E-state index contributed by atoms with van der Waals surface area (Å²) in [5.74, 6) is -1.15. The lowest BCUT2D eigenvalue weighted by atomic mass is 10.0. The van der Waals surface area contributed by atoms with Gasteiger partial charge in [0.1, 0.15) is 11.6 Å². The molecule has 1 N–H and O–H groups in total. The second kappa shape index (κ2) is 8.93. The van der Waals surface area contributed by atoms with Gasteiger partial charge in [-0.05, 0) is 30.5 Å². The first-order valence-electron chi connectivity index (χ1n) is 9.47. The lowest BCUT2D eigenvalue weighted by molar-refractivity contribution is -0.132. The van der Waals surface area contributed by atoms with Gasteiger partial charge in [0.05, 0.1) is 0 Å². The highest BCUT2D eigenvalue weighted by molar-refractivity contribution is 5.87. The molecule has 3 amide bonds. The number of nitrogens with zero attached hydrogens (tertiary/aromatic N) is 4. The van der Waals surface area contributed by atoms with Crippen molar-refractivity contribution in [2.45, 2.75) is 32.2 Å². The molecule has 0 bridgehead atoms. The van der Waals surface area contributed by atoms with Gasteiger partial charge < -0.3 is 9.80 Å². The van der Waals surface area contributed by atoms with Crippen LogP contribution in [0.1, 0.15) is 26.2 Å². The Kier molecular flexibility index (Phi) is 6.36. The number of aromatic nitrogens is 2. The highest BCUT2D eigenvalue weighted by Gasteiger charge is 2.27. The maximum absolute atomic E-state index is 13.4. The van der Waals surface area contributed by atoms with Crippen LogP contribution in [-0.4, -0.2) is 57.9 Å². The van der Waals surface area contributed by atoms with Gasteiger partial charge in [-0.1, -0.05) is 6.92 Å². The van der Waals surface area contributed by atoms with Crippen LogP contribution < -0.4 is 5.32 Å². The van der Waals surface area contributed by atoms with Crippen LogP contribution in [0.5, 0.6) is 0 Å². The molecule has 0 atom stereocenters. The number of carbonyl (C=O) groups excluding carboxylic acids is 2. The monoisotopic (exact) mass is 403 g/mol. The van der Waals surface area contributed by atoms with Crippen LogP contribution >= 0.6 is 0 Å². The first kappa shape index (κ1) is 20.6. The van der Waals surface area contributed by atoms with Crippen LogP contribution in [0.4, 0.5) is 19.5 Å². The molecule has 29 heavy (non-hydrogen) atoms. The normalized spacial score (nSPS) is 14.6. The quantitative estimate of drug-likeness (QED) is 0.850. The zero-order valence-corrected chi connectivity index (χ0v) is 16.4. The number of nitrogens with one attached hydrogen (secondary N) is 1. The van der Waals surface area contributed by atoms with Crippen LogP contribution in [0.2, 0.25) is 0 Å². The number of halogens is 2. The topological polar surface area (TPSA) is 78.4 Å². The fraction of sp³-hybridized carbons (Fsp3) is 0.400. The number of benzene rings is 1. The van der Waals surface area contributed by atoms with E-state index in [1.807, 2.05) is 11.8 Å². The molecule has 1 aliphatic rings. The van der Waals surface area contributed by atoms with E-state index in [1.54, 1.807) is 11.9 Å². The van der Waals surface area contributed by atoms with E-state index < -0.39 is 11.6 Å². The number of hydrogen-bond donors (Lipinski definition) is 1. The summed E-state index contributed by atoms with van der Waals surface area (Å²) in [6, 6.07) is 2.82. The van der Waals surface area contributed by atoms with Gasteiger partial charge in [0.25, 0.3) is 0 Å². The fourth-order valence-electron chi connectivity index (χ4n) is 3.34. The number of anilines is 1. The number of likely N-dealkylation sites (tertiary alicyclic amines) is 1. The molecule has 2 aromatic rings. The van der Waals surface area contributed by atoms with Gasteiger partial charge >= 0.3 is 6.03 Å². The van der Waals surface area contributed by atoms with Crippen molar-refractivity contribution in [1.29, 1.82) is 0 Å². The number of rotatable bonds is 4. The van der Waals surface area contributed by atoms with E-state index in [0.717, 1.165) is 6.07 Å². The molecule has 0 aliphatic carbocycles. The predicted molar refractivity (Wildman–Crippen MR) is 104 cm³/mol. The molecule has 7 nitrogen and oxygen atoms in total. The maximum Gasteiger partial charge on any atom is 0.324 e. The summed E-state index contributed by atoms with van der Waals surface area (Å²) >= 11 is 0. The zero-order chi connectivity index (χ0) is 21.0. The molecule has 9 heteroatoms. The molecule has 0 radical (unpaired) electrons. The summed E-state index contributed by atoms with van der Waals surface area (Å²) in [5, 5.41) is 2.62. The molecule has 1 aromatic carbocycles. The van der Waals surface area contributed by atoms with Crippen LogP contribution in [0.25, 0.3) is 11.1 Å². The van der Waals surface area contributed by atoms with Gasteiger partial charge in [0.15, 0.2) is 0 Å². The minimum absolute atomic E-state index is 0.0189. The molecule has 0 spiro atoms. The largest absolute Gasteiger partial charge is 0.343 e. The van der Waals surface area contributed by atoms with Gasteiger partial charge in [-0.2, -0.15) is 0 Å². The third-order valence-electron chi connectivity index (χ3n) is 5.05. The number of urea groups is 1. The van der Waals surface area contributed by atoms with E-state index in [4.69, 9.17) is 0 Å². The van der Waals surface area contributed by atoms with Gasteiger partial charge in [0.2, 0.25) is 11.9 Å². The molecule has 1 aromatic heterocycles. The van der Waals surface area contributed by atoms with Gasteiger partial charge in [-0.15, -0.1) is 0 Å². The molecular formula is C20H23F2N5O2. The Bertz CT molecular complexity index is 863. The van der Waals surface area contributed by atoms with Crippen molar-refractivity contribution < 1.29 is 18.4 Å². The summed E-state index contributed by atoms with van der Waals surface area (Å²) in [6.07, 6.45) is 4.69. The average molecular weight is 403 g/mol. The summed E-state index contributed by atoms with van der Waals surface area (Å²) < 4.78 is 26.7. The third-order valence-corrected chi connectivity index (χ3v) is 5.05. The Morgan fingerprint density at radius 3 is 2.24 bits per heavy atom. The Morgan fingerprint density at radius 1 is 1.10 bits per heavy atom. The molecule has 1 fully saturated rings. The SMILES string of the molecule is CCC(=O)N1CCC(N(C)C(=O)Nc2ncc(-c3cc(F)cc(F)c3)cn2)CC1. The van der Waals surface area contributed by atoms with Crippen molar-refractivity contribution in [2.75, 3.05) is 25.5 Å². The lowest BCUT2D eigenvalue weighted by Gasteiger charge is -2.36. The first-order chi connectivity index (χ1) is 13.9. The Hall–Kier alpha value is -3.10. The van der Waals surface area contributed by atoms with E-state index >= 15 is 0 Å². The number of carbonyl (C=O) groups is 2. The average Bonchev–Trinajstić information content (AvgIpc) is 2.72. The van der Waals surface area contributed by atoms with E-state index in [1.165, 1.54) is 24.5 Å². The van der Waals surface area contributed by atoms with Crippen molar-refractivity contribution in [3.05, 3.63) is 42.2 Å². The van der Waals surface area contributed by atoms with Crippen molar-refractivity contribution in [3.63, 3.8) is 0 Å². The smallest absolute Gasteiger partial charge is 0.324 e. The summed E-state index contributed by atoms with van der Waals surface area (Å²) in [5.41, 5.74) is 0.744. The molecule has 0 unspecified atom stereocenters. The van der Waals surface area contributed by atoms with Crippen LogP contribution in [0, 0.1) is 11.6 Å². The molecule has 1 aliphatic heterocycles. The van der Waals surface area contributed by atoms with Crippen molar-refractivity contribution in [3.8, 4) is 11.1 Å². The van der Waals surface area contributed by atoms with E-state index in [-0.39, 0.29) is 23.9 Å². The first-order valence-corrected chi connectivity index (χ1v) is 9.47. The van der Waals surface area contributed by atoms with Crippen molar-refractivity contribution >= 4 is 17.9 Å². The molecular weight excluding hydrogens is 380 g/mol. The fourth-order valence-corrected chi connectivity index (χ4v) is 3.34. The highest BCUT2D eigenvalue weighted by atomic mass is 19.1. The summed E-state index contributed by atoms with van der Waals surface area (Å²) in [6.45, 7) is 3.10. The lowest BCUT2D eigenvalue weighted by Crippen LogP contribution is -2.48. The highest BCUT2D eigenvalue weighted by Crippen LogP contribution is 2.21. The van der Waals surface area contributed by atoms with Crippen molar-refractivity contribution in [2.24, 2.45) is 0 Å². The van der Waals surface area contributed by atoms with Crippen LogP contribution in [0.3, 0.4) is 0 Å². The minimum atomic E-state index is -0.689. The number of piperidine rings is 1. The molecule has 0 saturated carbocycles. The van der Waals surface area contributed by atoms with Gasteiger partial charge in [-0.3, -0.25) is 10.1 Å². The van der Waals surface area contributed by atoms with Gasteiger partial charge in [0, 0.05) is 56.6 Å². The summed E-state index contributed by atoms with van der Waals surface area (Å²) in [7, 11) is 1.70. The molecule has 154 valence electrons. The minimum Gasteiger partial charge on any atom is -0.343 e. The van der Waals surface area contributed by atoms with Crippen LogP contribution in [-0.2, 0) is 4.79 Å². The Labute approximate surface area is 167 Å². The molecule has 1 saturated heterocycles. The zero-order valence-electron chi connectivity index (χ0n) is 16.4.